The molecular weight excluding hydrogens is 851 g/mol. The summed E-state index contributed by atoms with van der Waals surface area (Å²) in [5, 5.41) is 8.77. The number of aromatic nitrogens is 5. The van der Waals surface area contributed by atoms with Crippen molar-refractivity contribution in [2.45, 2.75) is 42.4 Å². The van der Waals surface area contributed by atoms with Crippen LogP contribution in [0.4, 0.5) is 34.8 Å². The third kappa shape index (κ3) is 12.9. The maximum Gasteiger partial charge on any atom is 0.309 e. The van der Waals surface area contributed by atoms with Crippen molar-refractivity contribution in [2.24, 2.45) is 0 Å². The summed E-state index contributed by atoms with van der Waals surface area (Å²) < 4.78 is 95.7. The SMILES string of the molecule is CNc1ccc(S(=O)(=O)Nc2nc(C)c(C)o2)cc1.CNc1ccc(S(=O)(=O)Nc2nc(C)cc(C)n2)cc1.CNc1ccc(S(=O)(=O)Nc2ncnc(OC)c2OC)cc1. The second kappa shape index (κ2) is 20.5. The van der Waals surface area contributed by atoms with Crippen molar-refractivity contribution >= 4 is 64.9 Å². The highest BCUT2D eigenvalue weighted by molar-refractivity contribution is 7.93. The van der Waals surface area contributed by atoms with Crippen molar-refractivity contribution in [3.8, 4) is 11.6 Å². The predicted octanol–water partition coefficient (Wildman–Crippen LogP) is 5.41. The van der Waals surface area contributed by atoms with Crippen LogP contribution in [0.3, 0.4) is 0 Å². The van der Waals surface area contributed by atoms with Crippen molar-refractivity contribution in [1.82, 2.24) is 24.9 Å². The highest BCUT2D eigenvalue weighted by atomic mass is 32.2. The Bertz CT molecular complexity index is 2700. The van der Waals surface area contributed by atoms with Gasteiger partial charge in [0.05, 0.1) is 34.6 Å². The zero-order chi connectivity index (χ0) is 45.0. The van der Waals surface area contributed by atoms with Crippen LogP contribution >= 0.6 is 0 Å². The van der Waals surface area contributed by atoms with Crippen LogP contribution in [-0.2, 0) is 30.1 Å². The molecule has 0 saturated carbocycles. The zero-order valence-corrected chi connectivity index (χ0v) is 37.2. The summed E-state index contributed by atoms with van der Waals surface area (Å²) in [6.07, 6.45) is 1.18. The predicted molar refractivity (Wildman–Crippen MR) is 233 cm³/mol. The van der Waals surface area contributed by atoms with E-state index in [0.717, 1.165) is 17.1 Å². The van der Waals surface area contributed by atoms with E-state index in [4.69, 9.17) is 13.9 Å². The highest BCUT2D eigenvalue weighted by Gasteiger charge is 2.21. The Kier molecular flexibility index (Phi) is 15.8. The molecule has 0 atom stereocenters. The third-order valence-electron chi connectivity index (χ3n) is 8.22. The maximum atomic E-state index is 12.4. The van der Waals surface area contributed by atoms with E-state index in [0.29, 0.717) is 22.8 Å². The van der Waals surface area contributed by atoms with Gasteiger partial charge in [0.1, 0.15) is 12.1 Å². The molecule has 0 bridgehead atoms. The van der Waals surface area contributed by atoms with Gasteiger partial charge in [-0.15, -0.1) is 0 Å². The molecule has 3 heterocycles. The van der Waals surface area contributed by atoms with Crippen LogP contribution in [0, 0.1) is 27.7 Å². The van der Waals surface area contributed by atoms with Gasteiger partial charge in [-0.3, -0.25) is 4.72 Å². The molecule has 0 aliphatic rings. The first-order chi connectivity index (χ1) is 28.8. The molecule has 3 aromatic carbocycles. The van der Waals surface area contributed by atoms with Gasteiger partial charge in [0, 0.05) is 49.6 Å². The fraction of sp³-hybridized carbons (Fsp3) is 0.237. The lowest BCUT2D eigenvalue weighted by atomic mass is 10.3. The molecule has 0 amide bonds. The van der Waals surface area contributed by atoms with Crippen LogP contribution < -0.4 is 39.6 Å². The Morgan fingerprint density at radius 1 is 0.541 bits per heavy atom. The molecule has 23 heteroatoms. The average molecular weight is 898 g/mol. The van der Waals surface area contributed by atoms with Crippen molar-refractivity contribution in [3.63, 3.8) is 0 Å². The van der Waals surface area contributed by atoms with E-state index in [2.05, 4.69) is 55.0 Å². The fourth-order valence-electron chi connectivity index (χ4n) is 4.99. The lowest BCUT2D eigenvalue weighted by Gasteiger charge is -2.12. The molecule has 0 aliphatic carbocycles. The highest BCUT2D eigenvalue weighted by Crippen LogP contribution is 2.32. The molecule has 0 fully saturated rings. The van der Waals surface area contributed by atoms with Crippen molar-refractivity contribution < 1.29 is 39.1 Å². The van der Waals surface area contributed by atoms with E-state index in [-0.39, 0.29) is 44.1 Å². The zero-order valence-electron chi connectivity index (χ0n) is 34.7. The van der Waals surface area contributed by atoms with Gasteiger partial charge in [0.2, 0.25) is 11.7 Å². The molecule has 6 aromatic rings. The standard InChI is InChI=1S/C13H16N4O4S.C13H16N4O2S.C12H15N3O3S/c1-14-9-4-6-10(7-5-9)22(18,19)17-12-11(20-2)13(21-3)16-8-15-12;1-9-8-10(2)16-13(15-9)17-20(18,19)12-6-4-11(14-3)5-7-12;1-8-9(2)18-12(14-8)15-19(16,17)11-6-4-10(13-3)5-7-11/h4-8,14H,1-3H3,(H,15,16,17);4-8,14H,1-3H3,(H,15,16,17);4-7,13H,1-3H3,(H,14,15). The number of oxazole rings is 1. The van der Waals surface area contributed by atoms with Gasteiger partial charge in [-0.05, 0) is 107 Å². The first-order valence-electron chi connectivity index (χ1n) is 18.0. The Hall–Kier alpha value is -6.72. The van der Waals surface area contributed by atoms with E-state index in [9.17, 15) is 25.3 Å². The minimum atomic E-state index is -3.80. The van der Waals surface area contributed by atoms with Crippen LogP contribution in [-0.4, -0.2) is 85.5 Å². The summed E-state index contributed by atoms with van der Waals surface area (Å²) in [6.45, 7) is 7.04. The topological polar surface area (TPSA) is 271 Å². The summed E-state index contributed by atoms with van der Waals surface area (Å²) in [4.78, 5) is 20.3. The van der Waals surface area contributed by atoms with Gasteiger partial charge in [0.25, 0.3) is 35.9 Å². The number of ether oxygens (including phenoxy) is 2. The molecule has 3 aromatic heterocycles. The van der Waals surface area contributed by atoms with Crippen LogP contribution in [0.15, 0.2) is 104 Å². The van der Waals surface area contributed by atoms with Gasteiger partial charge in [0.15, 0.2) is 5.82 Å². The van der Waals surface area contributed by atoms with Crippen LogP contribution in [0.5, 0.6) is 11.6 Å². The van der Waals surface area contributed by atoms with Crippen molar-refractivity contribution in [3.05, 3.63) is 108 Å². The molecule has 6 N–H and O–H groups in total. The van der Waals surface area contributed by atoms with Crippen molar-refractivity contribution in [2.75, 3.05) is 65.5 Å². The first kappa shape index (κ1) is 47.0. The number of methoxy groups -OCH3 is 2. The first-order valence-corrected chi connectivity index (χ1v) is 22.4. The Morgan fingerprint density at radius 3 is 1.34 bits per heavy atom. The van der Waals surface area contributed by atoms with Gasteiger partial charge in [-0.1, -0.05) is 0 Å². The lowest BCUT2D eigenvalue weighted by Crippen LogP contribution is -2.15. The summed E-state index contributed by atoms with van der Waals surface area (Å²) >= 11 is 0. The number of nitrogens with one attached hydrogen (secondary N) is 6. The van der Waals surface area contributed by atoms with Crippen LogP contribution in [0.25, 0.3) is 0 Å². The third-order valence-corrected chi connectivity index (χ3v) is 12.3. The van der Waals surface area contributed by atoms with Gasteiger partial charge >= 0.3 is 6.01 Å². The summed E-state index contributed by atoms with van der Waals surface area (Å²) in [6, 6.07) is 20.9. The summed E-state index contributed by atoms with van der Waals surface area (Å²) in [5.41, 5.74) is 4.55. The molecule has 0 saturated heterocycles. The number of hydrogen-bond donors (Lipinski definition) is 6. The van der Waals surface area contributed by atoms with E-state index in [1.165, 1.54) is 56.9 Å². The second-order valence-corrected chi connectivity index (χ2v) is 17.6. The summed E-state index contributed by atoms with van der Waals surface area (Å²) in [5.74, 6) is 0.927. The van der Waals surface area contributed by atoms with E-state index in [1.807, 2.05) is 0 Å². The fourth-order valence-corrected chi connectivity index (χ4v) is 7.87. The molecular formula is C38H47N11O9S3. The number of benzene rings is 3. The number of aryl methyl sites for hydroxylation is 4. The van der Waals surface area contributed by atoms with Crippen molar-refractivity contribution in [1.29, 1.82) is 0 Å². The van der Waals surface area contributed by atoms with Crippen LogP contribution in [0.1, 0.15) is 22.8 Å². The smallest absolute Gasteiger partial charge is 0.309 e. The number of rotatable bonds is 14. The molecule has 0 radical (unpaired) electrons. The minimum absolute atomic E-state index is 0.00652. The molecule has 0 spiro atoms. The molecule has 20 nitrogen and oxygen atoms in total. The Balaban J connectivity index is 0.000000202. The Morgan fingerprint density at radius 2 is 0.967 bits per heavy atom. The average Bonchev–Trinajstić information content (AvgIpc) is 3.54. The second-order valence-electron chi connectivity index (χ2n) is 12.5. The minimum Gasteiger partial charge on any atom is -0.489 e. The number of nitrogens with zero attached hydrogens (tertiary/aromatic N) is 5. The normalized spacial score (nSPS) is 11.1. The van der Waals surface area contributed by atoms with Crippen LogP contribution in [0.2, 0.25) is 0 Å². The van der Waals surface area contributed by atoms with E-state index < -0.39 is 30.1 Å². The molecule has 0 unspecified atom stereocenters. The Labute approximate surface area is 355 Å². The molecule has 6 rings (SSSR count). The van der Waals surface area contributed by atoms with Gasteiger partial charge < -0.3 is 29.8 Å². The lowest BCUT2D eigenvalue weighted by molar-refractivity contribution is 0.342. The molecule has 61 heavy (non-hydrogen) atoms. The molecule has 0 aliphatic heterocycles. The summed E-state index contributed by atoms with van der Waals surface area (Å²) in [7, 11) is -3.09. The quantitative estimate of drug-likeness (QED) is 0.0798. The number of hydrogen-bond acceptors (Lipinski definition) is 17. The number of anilines is 6. The number of sulfonamides is 3. The van der Waals surface area contributed by atoms with E-state index >= 15 is 0 Å². The van der Waals surface area contributed by atoms with E-state index in [1.54, 1.807) is 91.3 Å². The maximum absolute atomic E-state index is 12.4. The van der Waals surface area contributed by atoms with Gasteiger partial charge in [-0.25, -0.2) is 49.6 Å². The molecule has 326 valence electrons. The van der Waals surface area contributed by atoms with Gasteiger partial charge in [-0.2, -0.15) is 9.97 Å². The largest absolute Gasteiger partial charge is 0.489 e. The monoisotopic (exact) mass is 897 g/mol.